The molecule has 1 spiro atoms. The number of hydrogen-bond donors (Lipinski definition) is 0. The first-order valence-electron chi connectivity index (χ1n) is 7.57. The first-order valence-corrected chi connectivity index (χ1v) is 7.57. The maximum Gasteiger partial charge on any atom is 0.409 e. The summed E-state index contributed by atoms with van der Waals surface area (Å²) in [5, 5.41) is 0. The summed E-state index contributed by atoms with van der Waals surface area (Å²) in [4.78, 5) is 25.3. The van der Waals surface area contributed by atoms with Crippen LogP contribution in [0.25, 0.3) is 5.57 Å². The van der Waals surface area contributed by atoms with Crippen LogP contribution in [-0.4, -0.2) is 42.3 Å². The molecule has 1 fully saturated rings. The van der Waals surface area contributed by atoms with E-state index < -0.39 is 5.60 Å². The molecule has 0 radical (unpaired) electrons. The molecule has 116 valence electrons. The summed E-state index contributed by atoms with van der Waals surface area (Å²) in [7, 11) is 0. The lowest BCUT2D eigenvalue weighted by molar-refractivity contribution is -0.147. The molecule has 1 saturated heterocycles. The Bertz CT molecular complexity index is 600. The third-order valence-electron chi connectivity index (χ3n) is 4.23. The number of likely N-dealkylation sites (tertiary alicyclic amines) is 1. The highest BCUT2D eigenvalue weighted by molar-refractivity contribution is 5.99. The van der Waals surface area contributed by atoms with E-state index in [0.29, 0.717) is 32.5 Å². The van der Waals surface area contributed by atoms with Gasteiger partial charge in [0.05, 0.1) is 6.61 Å². The number of ether oxygens (including phenoxy) is 2. The largest absolute Gasteiger partial charge is 0.451 e. The van der Waals surface area contributed by atoms with E-state index in [2.05, 4.69) is 0 Å². The van der Waals surface area contributed by atoms with Crippen LogP contribution in [-0.2, 0) is 14.3 Å². The Labute approximate surface area is 129 Å². The molecule has 1 amide bonds. The molecular weight excluding hydrogens is 282 g/mol. The van der Waals surface area contributed by atoms with Crippen molar-refractivity contribution in [3.05, 3.63) is 42.0 Å². The number of nitrogens with zero attached hydrogens (tertiary/aromatic N) is 1. The van der Waals surface area contributed by atoms with Crippen LogP contribution in [0, 0.1) is 0 Å². The second kappa shape index (κ2) is 5.83. The van der Waals surface area contributed by atoms with Crippen molar-refractivity contribution < 1.29 is 19.1 Å². The van der Waals surface area contributed by atoms with Gasteiger partial charge in [-0.1, -0.05) is 30.3 Å². The lowest BCUT2D eigenvalue weighted by Gasteiger charge is -2.39. The number of amides is 1. The van der Waals surface area contributed by atoms with Crippen molar-refractivity contribution in [2.24, 2.45) is 0 Å². The second-order valence-electron chi connectivity index (χ2n) is 5.53. The number of hydrogen-bond acceptors (Lipinski definition) is 4. The predicted octanol–water partition coefficient (Wildman–Crippen LogP) is 2.62. The molecule has 2 aliphatic heterocycles. The average Bonchev–Trinajstić information content (AvgIpc) is 2.85. The molecule has 5 nitrogen and oxygen atoms in total. The van der Waals surface area contributed by atoms with Gasteiger partial charge in [-0.15, -0.1) is 0 Å². The Morgan fingerprint density at radius 1 is 1.27 bits per heavy atom. The van der Waals surface area contributed by atoms with E-state index >= 15 is 0 Å². The molecule has 3 rings (SSSR count). The molecule has 0 aliphatic carbocycles. The van der Waals surface area contributed by atoms with Gasteiger partial charge < -0.3 is 14.4 Å². The van der Waals surface area contributed by atoms with Crippen molar-refractivity contribution in [2.45, 2.75) is 25.4 Å². The highest BCUT2D eigenvalue weighted by atomic mass is 16.6. The molecule has 0 aromatic heterocycles. The Morgan fingerprint density at radius 3 is 2.59 bits per heavy atom. The van der Waals surface area contributed by atoms with Crippen molar-refractivity contribution in [1.29, 1.82) is 0 Å². The Morgan fingerprint density at radius 2 is 1.95 bits per heavy atom. The van der Waals surface area contributed by atoms with Crippen LogP contribution in [0.15, 0.2) is 36.4 Å². The van der Waals surface area contributed by atoms with Crippen molar-refractivity contribution in [3.63, 3.8) is 0 Å². The zero-order valence-electron chi connectivity index (χ0n) is 12.6. The first kappa shape index (κ1) is 14.6. The third kappa shape index (κ3) is 2.58. The van der Waals surface area contributed by atoms with Gasteiger partial charge in [0.2, 0.25) is 0 Å². The number of benzene rings is 1. The van der Waals surface area contributed by atoms with E-state index in [1.54, 1.807) is 17.9 Å². The molecule has 5 heteroatoms. The Kier molecular flexibility index (Phi) is 3.88. The predicted molar refractivity (Wildman–Crippen MR) is 81.1 cm³/mol. The minimum atomic E-state index is -0.610. The van der Waals surface area contributed by atoms with Crippen molar-refractivity contribution in [2.75, 3.05) is 19.7 Å². The highest BCUT2D eigenvalue weighted by Crippen LogP contribution is 2.43. The molecule has 2 heterocycles. The summed E-state index contributed by atoms with van der Waals surface area (Å²) in [5.74, 6) is -0.302. The molecule has 0 saturated carbocycles. The maximum absolute atomic E-state index is 11.8. The highest BCUT2D eigenvalue weighted by Gasteiger charge is 2.46. The fraction of sp³-hybridized carbons (Fsp3) is 0.412. The first-order chi connectivity index (χ1) is 10.6. The van der Waals surface area contributed by atoms with Gasteiger partial charge in [0, 0.05) is 37.6 Å². The van der Waals surface area contributed by atoms with Crippen LogP contribution in [0.3, 0.4) is 0 Å². The van der Waals surface area contributed by atoms with Crippen molar-refractivity contribution in [1.82, 2.24) is 4.90 Å². The molecule has 0 atom stereocenters. The minimum absolute atomic E-state index is 0.299. The van der Waals surface area contributed by atoms with Gasteiger partial charge in [-0.2, -0.15) is 0 Å². The zero-order chi connectivity index (χ0) is 15.6. The van der Waals surface area contributed by atoms with E-state index in [1.807, 2.05) is 30.3 Å². The quantitative estimate of drug-likeness (QED) is 0.788. The van der Waals surface area contributed by atoms with Crippen LogP contribution in [0.4, 0.5) is 4.79 Å². The normalized spacial score (nSPS) is 19.8. The monoisotopic (exact) mass is 301 g/mol. The lowest BCUT2D eigenvalue weighted by atomic mass is 9.81. The second-order valence-corrected chi connectivity index (χ2v) is 5.53. The summed E-state index contributed by atoms with van der Waals surface area (Å²) < 4.78 is 10.7. The van der Waals surface area contributed by atoms with E-state index in [9.17, 15) is 9.59 Å². The third-order valence-corrected chi connectivity index (χ3v) is 4.23. The summed E-state index contributed by atoms with van der Waals surface area (Å²) >= 11 is 0. The molecule has 0 N–H and O–H groups in total. The fourth-order valence-corrected chi connectivity index (χ4v) is 3.13. The van der Waals surface area contributed by atoms with Crippen LogP contribution in [0.1, 0.15) is 25.3 Å². The Hall–Kier alpha value is -2.30. The molecule has 1 aromatic carbocycles. The summed E-state index contributed by atoms with van der Waals surface area (Å²) in [6.45, 7) is 3.20. The Balaban J connectivity index is 1.78. The number of rotatable bonds is 2. The van der Waals surface area contributed by atoms with E-state index in [0.717, 1.165) is 11.1 Å². The van der Waals surface area contributed by atoms with Crippen molar-refractivity contribution in [3.8, 4) is 0 Å². The molecular formula is C17H19NO4. The average molecular weight is 301 g/mol. The summed E-state index contributed by atoms with van der Waals surface area (Å²) in [6, 6.07) is 9.79. The molecule has 0 unspecified atom stereocenters. The van der Waals surface area contributed by atoms with E-state index in [4.69, 9.17) is 9.47 Å². The number of carbonyl (C=O) groups excluding carboxylic acids is 2. The van der Waals surface area contributed by atoms with Gasteiger partial charge in [-0.05, 0) is 12.5 Å². The smallest absolute Gasteiger partial charge is 0.409 e. The molecule has 22 heavy (non-hydrogen) atoms. The maximum atomic E-state index is 11.8. The van der Waals surface area contributed by atoms with Crippen LogP contribution >= 0.6 is 0 Å². The van der Waals surface area contributed by atoms with Gasteiger partial charge in [0.1, 0.15) is 5.60 Å². The SMILES string of the molecule is CCOC(=O)N1CCC2(CC1)OC(=O)C=C2c1ccccc1. The van der Waals surface area contributed by atoms with Crippen LogP contribution in [0.5, 0.6) is 0 Å². The number of esters is 1. The van der Waals surface area contributed by atoms with Crippen LogP contribution < -0.4 is 0 Å². The van der Waals surface area contributed by atoms with Crippen LogP contribution in [0.2, 0.25) is 0 Å². The minimum Gasteiger partial charge on any atom is -0.451 e. The van der Waals surface area contributed by atoms with Gasteiger partial charge in [-0.25, -0.2) is 9.59 Å². The van der Waals surface area contributed by atoms with Gasteiger partial charge in [0.25, 0.3) is 0 Å². The van der Waals surface area contributed by atoms with Crippen molar-refractivity contribution >= 4 is 17.6 Å². The summed E-state index contributed by atoms with van der Waals surface area (Å²) in [5.41, 5.74) is 1.31. The fourth-order valence-electron chi connectivity index (χ4n) is 3.13. The number of piperidine rings is 1. The lowest BCUT2D eigenvalue weighted by Crippen LogP contribution is -2.47. The topological polar surface area (TPSA) is 55.8 Å². The molecule has 2 aliphatic rings. The molecule has 1 aromatic rings. The zero-order valence-corrected chi connectivity index (χ0v) is 12.6. The standard InChI is InChI=1S/C17H19NO4/c1-2-21-16(20)18-10-8-17(9-11-18)14(12-15(19)22-17)13-6-4-3-5-7-13/h3-7,12H,2,8-11H2,1H3. The summed E-state index contributed by atoms with van der Waals surface area (Å²) in [6.07, 6.45) is 2.47. The van der Waals surface area contributed by atoms with E-state index in [-0.39, 0.29) is 12.1 Å². The molecule has 0 bridgehead atoms. The number of carbonyl (C=O) groups is 2. The van der Waals surface area contributed by atoms with Gasteiger partial charge >= 0.3 is 12.1 Å². The van der Waals surface area contributed by atoms with Gasteiger partial charge in [0.15, 0.2) is 0 Å². The van der Waals surface area contributed by atoms with E-state index in [1.165, 1.54) is 0 Å². The van der Waals surface area contributed by atoms with Gasteiger partial charge in [-0.3, -0.25) is 0 Å².